The summed E-state index contributed by atoms with van der Waals surface area (Å²) < 4.78 is 32.3. The van der Waals surface area contributed by atoms with Crippen molar-refractivity contribution in [2.24, 2.45) is 0 Å². The topological polar surface area (TPSA) is 98.7 Å². The fraction of sp³-hybridized carbons (Fsp3) is 0.263. The summed E-state index contributed by atoms with van der Waals surface area (Å²) in [5.74, 6) is -7.28. The third-order valence-corrected chi connectivity index (χ3v) is 3.84. The van der Waals surface area contributed by atoms with Crippen LogP contribution in [0.5, 0.6) is 0 Å². The molecule has 0 aliphatic rings. The number of alkyl halides is 2. The smallest absolute Gasteiger partial charge is 0.544 e. The van der Waals surface area contributed by atoms with E-state index in [-0.39, 0.29) is 42.6 Å². The molecule has 144 valence electrons. The van der Waals surface area contributed by atoms with Crippen LogP contribution >= 0.6 is 0 Å². The molecule has 2 aromatic rings. The van der Waals surface area contributed by atoms with Crippen molar-refractivity contribution in [3.05, 3.63) is 71.8 Å². The number of carboxylic acid groups (broad SMARTS) is 1. The first-order valence-corrected chi connectivity index (χ1v) is 8.09. The standard InChI is InChI=1S/C19H19F2NO5.Na/c20-19(21,17(24)25)16(23)15(11-13-7-3-1-4-8-13)22-18(26)27-12-14-9-5-2-6-10-14;/h1-10,15-16,23H,11-12H2,(H,22,26)(H,24,25);/q;+1/p-1/t15-,16-;/m1./s1. The van der Waals surface area contributed by atoms with Crippen LogP contribution in [0, 0.1) is 0 Å². The van der Waals surface area contributed by atoms with Crippen molar-refractivity contribution in [1.29, 1.82) is 0 Å². The number of aliphatic carboxylic acids is 1. The number of hydrogen-bond acceptors (Lipinski definition) is 5. The summed E-state index contributed by atoms with van der Waals surface area (Å²) in [6, 6.07) is 15.2. The van der Waals surface area contributed by atoms with Crippen LogP contribution in [0.4, 0.5) is 13.6 Å². The van der Waals surface area contributed by atoms with Gasteiger partial charge in [0.15, 0.2) is 0 Å². The molecule has 2 N–H and O–H groups in total. The van der Waals surface area contributed by atoms with E-state index in [4.69, 9.17) is 4.74 Å². The predicted molar refractivity (Wildman–Crippen MR) is 89.7 cm³/mol. The molecule has 0 aliphatic carbocycles. The molecular weight excluding hydrogens is 383 g/mol. The normalized spacial score (nSPS) is 13.0. The Morgan fingerprint density at radius 1 is 1.04 bits per heavy atom. The van der Waals surface area contributed by atoms with Crippen molar-refractivity contribution < 1.29 is 62.9 Å². The fourth-order valence-corrected chi connectivity index (χ4v) is 2.40. The van der Waals surface area contributed by atoms with Crippen LogP contribution in [0.1, 0.15) is 11.1 Å². The molecule has 0 heterocycles. The zero-order valence-corrected chi connectivity index (χ0v) is 17.2. The van der Waals surface area contributed by atoms with Gasteiger partial charge in [0, 0.05) is 0 Å². The van der Waals surface area contributed by atoms with Gasteiger partial charge in [-0.3, -0.25) is 0 Å². The summed E-state index contributed by atoms with van der Waals surface area (Å²) in [4.78, 5) is 22.6. The third-order valence-electron chi connectivity index (χ3n) is 3.84. The first kappa shape index (κ1) is 24.0. The number of carbonyl (C=O) groups excluding carboxylic acids is 2. The number of ether oxygens (including phenoxy) is 1. The van der Waals surface area contributed by atoms with Gasteiger partial charge in [-0.2, -0.15) is 8.78 Å². The van der Waals surface area contributed by atoms with E-state index in [9.17, 15) is 28.6 Å². The largest absolute Gasteiger partial charge is 1.00 e. The Bertz CT molecular complexity index is 761. The molecule has 6 nitrogen and oxygen atoms in total. The number of halogens is 2. The molecule has 0 aromatic heterocycles. The van der Waals surface area contributed by atoms with Crippen molar-refractivity contribution >= 4 is 12.1 Å². The number of rotatable bonds is 8. The molecule has 0 saturated heterocycles. The van der Waals surface area contributed by atoms with E-state index in [1.165, 1.54) is 0 Å². The molecule has 0 bridgehead atoms. The Morgan fingerprint density at radius 2 is 1.54 bits per heavy atom. The van der Waals surface area contributed by atoms with Crippen molar-refractivity contribution in [1.82, 2.24) is 5.32 Å². The third kappa shape index (κ3) is 6.87. The molecule has 28 heavy (non-hydrogen) atoms. The second-order valence-electron chi connectivity index (χ2n) is 5.86. The Kier molecular flexibility index (Phi) is 9.54. The molecule has 0 unspecified atom stereocenters. The minimum absolute atomic E-state index is 0. The summed E-state index contributed by atoms with van der Waals surface area (Å²) in [5, 5.41) is 22.6. The van der Waals surface area contributed by atoms with Crippen molar-refractivity contribution in [2.45, 2.75) is 31.1 Å². The number of aliphatic hydroxyl groups excluding tert-OH is 1. The summed E-state index contributed by atoms with van der Waals surface area (Å²) in [7, 11) is 0. The predicted octanol–water partition coefficient (Wildman–Crippen LogP) is -1.73. The second-order valence-corrected chi connectivity index (χ2v) is 5.86. The summed E-state index contributed by atoms with van der Waals surface area (Å²) in [6.07, 6.45) is -3.99. The average molecular weight is 401 g/mol. The maximum atomic E-state index is 13.7. The van der Waals surface area contributed by atoms with Gasteiger partial charge in [0.2, 0.25) is 0 Å². The van der Waals surface area contributed by atoms with E-state index in [2.05, 4.69) is 5.32 Å². The first-order chi connectivity index (χ1) is 12.8. The van der Waals surface area contributed by atoms with Crippen molar-refractivity contribution in [3.8, 4) is 0 Å². The number of amides is 1. The van der Waals surface area contributed by atoms with Crippen LogP contribution < -0.4 is 40.0 Å². The Labute approximate surface area is 182 Å². The number of benzene rings is 2. The number of carbonyl (C=O) groups is 2. The van der Waals surface area contributed by atoms with E-state index < -0.39 is 30.1 Å². The van der Waals surface area contributed by atoms with Crippen LogP contribution in [0.25, 0.3) is 0 Å². The molecule has 2 rings (SSSR count). The number of alkyl carbamates (subject to hydrolysis) is 1. The zero-order valence-electron chi connectivity index (χ0n) is 15.2. The van der Waals surface area contributed by atoms with Gasteiger partial charge < -0.3 is 25.1 Å². The average Bonchev–Trinajstić information content (AvgIpc) is 2.66. The Hall–Kier alpha value is -2.00. The second kappa shape index (κ2) is 11.1. The van der Waals surface area contributed by atoms with Gasteiger partial charge in [0.05, 0.1) is 6.04 Å². The van der Waals surface area contributed by atoms with Gasteiger partial charge in [-0.25, -0.2) is 4.79 Å². The van der Waals surface area contributed by atoms with Gasteiger partial charge in [-0.15, -0.1) is 0 Å². The first-order valence-electron chi connectivity index (χ1n) is 8.09. The van der Waals surface area contributed by atoms with Gasteiger partial charge in [-0.1, -0.05) is 60.7 Å². The molecule has 0 aliphatic heterocycles. The van der Waals surface area contributed by atoms with Gasteiger partial charge in [0.25, 0.3) is 0 Å². The molecule has 0 spiro atoms. The van der Waals surface area contributed by atoms with E-state index in [1.807, 2.05) is 0 Å². The fourth-order valence-electron chi connectivity index (χ4n) is 2.40. The van der Waals surface area contributed by atoms with Crippen LogP contribution in [0.15, 0.2) is 60.7 Å². The van der Waals surface area contributed by atoms with Crippen LogP contribution in [-0.4, -0.2) is 35.2 Å². The molecule has 0 radical (unpaired) electrons. The minimum atomic E-state index is -4.55. The maximum absolute atomic E-state index is 13.7. The van der Waals surface area contributed by atoms with E-state index in [0.717, 1.165) is 0 Å². The zero-order chi connectivity index (χ0) is 19.9. The minimum Gasteiger partial charge on any atom is -0.544 e. The number of hydrogen-bond donors (Lipinski definition) is 2. The molecule has 9 heteroatoms. The van der Waals surface area contributed by atoms with Crippen molar-refractivity contribution in [3.63, 3.8) is 0 Å². The Morgan fingerprint density at radius 3 is 2.04 bits per heavy atom. The SMILES string of the molecule is O=C(N[C@H](Cc1ccccc1)[C@@H](O)C(F)(F)C(=O)[O-])OCc1ccccc1.[Na+]. The van der Waals surface area contributed by atoms with E-state index in [1.54, 1.807) is 60.7 Å². The maximum Gasteiger partial charge on any atom is 1.00 e. The Balaban J connectivity index is 0.00000392. The number of nitrogens with one attached hydrogen (secondary N) is 1. The van der Waals surface area contributed by atoms with Crippen molar-refractivity contribution in [2.75, 3.05) is 0 Å². The number of carboxylic acids is 1. The quantitative estimate of drug-likeness (QED) is 0.513. The molecule has 2 atom stereocenters. The monoisotopic (exact) mass is 401 g/mol. The summed E-state index contributed by atoms with van der Waals surface area (Å²) in [6.45, 7) is -0.113. The van der Waals surface area contributed by atoms with Gasteiger partial charge in [-0.05, 0) is 17.5 Å². The van der Waals surface area contributed by atoms with Gasteiger partial charge >= 0.3 is 41.6 Å². The summed E-state index contributed by atoms with van der Waals surface area (Å²) in [5.41, 5.74) is 1.19. The van der Waals surface area contributed by atoms with E-state index >= 15 is 0 Å². The number of aliphatic hydroxyl groups is 1. The molecule has 0 saturated carbocycles. The summed E-state index contributed by atoms with van der Waals surface area (Å²) >= 11 is 0. The molecule has 1 amide bonds. The van der Waals surface area contributed by atoms with E-state index in [0.29, 0.717) is 11.1 Å². The van der Waals surface area contributed by atoms with Gasteiger partial charge in [0.1, 0.15) is 18.7 Å². The van der Waals surface area contributed by atoms with Crippen LogP contribution in [-0.2, 0) is 22.6 Å². The van der Waals surface area contributed by atoms with Crippen LogP contribution in [0.2, 0.25) is 0 Å². The molecule has 0 fully saturated rings. The van der Waals surface area contributed by atoms with Crippen LogP contribution in [0.3, 0.4) is 0 Å². The molecular formula is C19H18F2NNaO5. The molecule has 2 aromatic carbocycles.